The number of nitrogens with one attached hydrogen (secondary N) is 2. The average Bonchev–Trinajstić information content (AvgIpc) is 2.67. The summed E-state index contributed by atoms with van der Waals surface area (Å²) in [5.41, 5.74) is 3.42. The van der Waals surface area contributed by atoms with Gasteiger partial charge in [0.1, 0.15) is 0 Å². The average molecular weight is 396 g/mol. The summed E-state index contributed by atoms with van der Waals surface area (Å²) in [6.07, 6.45) is 1.75. The molecular weight excluding hydrogens is 370 g/mol. The lowest BCUT2D eigenvalue weighted by Gasteiger charge is -2.19. The minimum Gasteiger partial charge on any atom is -0.379 e. The van der Waals surface area contributed by atoms with Gasteiger partial charge in [0, 0.05) is 17.6 Å². The third-order valence-electron chi connectivity index (χ3n) is 4.37. The van der Waals surface area contributed by atoms with E-state index in [2.05, 4.69) is 35.8 Å². The Morgan fingerprint density at radius 1 is 0.857 bits per heavy atom. The zero-order chi connectivity index (χ0) is 20.2. The Labute approximate surface area is 166 Å². The van der Waals surface area contributed by atoms with Gasteiger partial charge in [0.25, 0.3) is 10.0 Å². The third-order valence-corrected chi connectivity index (χ3v) is 5.76. The first-order chi connectivity index (χ1) is 13.2. The molecule has 0 saturated heterocycles. The molecule has 0 saturated carbocycles. The maximum atomic E-state index is 12.6. The Hall–Kier alpha value is -2.86. The van der Waals surface area contributed by atoms with Crippen LogP contribution >= 0.6 is 0 Å². The van der Waals surface area contributed by atoms with Crippen molar-refractivity contribution in [2.75, 3.05) is 10.0 Å². The topological polar surface area (TPSA) is 71.1 Å². The second-order valence-electron chi connectivity index (χ2n) is 7.63. The number of hydrogen-bond donors (Lipinski definition) is 2. The maximum absolute atomic E-state index is 12.6. The molecule has 0 aliphatic heterocycles. The molecule has 3 aromatic rings. The summed E-state index contributed by atoms with van der Waals surface area (Å²) in [5.74, 6) is 0. The molecule has 2 N–H and O–H groups in total. The van der Waals surface area contributed by atoms with Crippen LogP contribution in [0.1, 0.15) is 32.0 Å². The highest BCUT2D eigenvalue weighted by Crippen LogP contribution is 2.24. The summed E-state index contributed by atoms with van der Waals surface area (Å²) in [5, 5.41) is 3.26. The normalized spacial score (nSPS) is 11.8. The lowest BCUT2D eigenvalue weighted by molar-refractivity contribution is 0.587. The van der Waals surface area contributed by atoms with Gasteiger partial charge in [-0.1, -0.05) is 39.0 Å². The fourth-order valence-electron chi connectivity index (χ4n) is 2.70. The van der Waals surface area contributed by atoms with Crippen molar-refractivity contribution in [3.05, 3.63) is 84.2 Å². The van der Waals surface area contributed by atoms with Crippen molar-refractivity contribution in [2.45, 2.75) is 37.6 Å². The molecule has 0 unspecified atom stereocenters. The van der Waals surface area contributed by atoms with Gasteiger partial charge in [-0.15, -0.1) is 0 Å². The molecule has 6 heteroatoms. The number of rotatable bonds is 6. The highest BCUT2D eigenvalue weighted by molar-refractivity contribution is 7.92. The molecule has 3 rings (SSSR count). The van der Waals surface area contributed by atoms with E-state index in [9.17, 15) is 8.42 Å². The fraction of sp³-hybridized carbons (Fsp3) is 0.227. The minimum absolute atomic E-state index is 0.0200. The van der Waals surface area contributed by atoms with Crippen molar-refractivity contribution in [1.82, 2.24) is 4.98 Å². The number of nitrogens with zero attached hydrogens (tertiary/aromatic N) is 1. The van der Waals surface area contributed by atoms with E-state index in [1.54, 1.807) is 30.5 Å². The van der Waals surface area contributed by atoms with E-state index in [1.165, 1.54) is 0 Å². The number of pyridine rings is 1. The standard InChI is InChI=1S/C22H25N3O2S/c1-22(2,3)17-7-13-21(14-8-17)28(26,27)25-19-11-9-18(10-12-19)24-16-20-6-4-5-15-23-20/h4-15,24-25H,16H2,1-3H3. The van der Waals surface area contributed by atoms with Crippen LogP contribution in [0, 0.1) is 0 Å². The van der Waals surface area contributed by atoms with E-state index in [0.717, 1.165) is 16.9 Å². The van der Waals surface area contributed by atoms with Gasteiger partial charge in [-0.05, 0) is 59.5 Å². The largest absolute Gasteiger partial charge is 0.379 e. The second-order valence-corrected chi connectivity index (χ2v) is 9.31. The maximum Gasteiger partial charge on any atom is 0.261 e. The molecule has 0 aliphatic rings. The monoisotopic (exact) mass is 395 g/mol. The van der Waals surface area contributed by atoms with Gasteiger partial charge in [0.2, 0.25) is 0 Å². The Balaban J connectivity index is 1.65. The number of sulfonamides is 1. The predicted octanol–water partition coefficient (Wildman–Crippen LogP) is 4.79. The quantitative estimate of drug-likeness (QED) is 0.629. The van der Waals surface area contributed by atoms with E-state index < -0.39 is 10.0 Å². The molecule has 5 nitrogen and oxygen atoms in total. The summed E-state index contributed by atoms with van der Waals surface area (Å²) in [7, 11) is -3.62. The predicted molar refractivity (Wildman–Crippen MR) is 114 cm³/mol. The number of benzene rings is 2. The molecule has 2 aromatic carbocycles. The first kappa shape index (κ1) is 19.9. The molecule has 0 atom stereocenters. The van der Waals surface area contributed by atoms with Crippen LogP contribution in [-0.4, -0.2) is 13.4 Å². The molecular formula is C22H25N3O2S. The van der Waals surface area contributed by atoms with Crippen molar-refractivity contribution >= 4 is 21.4 Å². The first-order valence-electron chi connectivity index (χ1n) is 9.11. The van der Waals surface area contributed by atoms with Gasteiger partial charge in [0.15, 0.2) is 0 Å². The Kier molecular flexibility index (Phi) is 5.70. The second kappa shape index (κ2) is 8.02. The number of hydrogen-bond acceptors (Lipinski definition) is 4. The van der Waals surface area contributed by atoms with E-state index in [4.69, 9.17) is 0 Å². The van der Waals surface area contributed by atoms with Crippen molar-refractivity contribution in [3.8, 4) is 0 Å². The van der Waals surface area contributed by atoms with Crippen LogP contribution < -0.4 is 10.0 Å². The summed E-state index contributed by atoms with van der Waals surface area (Å²) >= 11 is 0. The van der Waals surface area contributed by atoms with Crippen LogP contribution in [0.3, 0.4) is 0 Å². The summed E-state index contributed by atoms with van der Waals surface area (Å²) in [6.45, 7) is 6.89. The molecule has 1 heterocycles. The fourth-order valence-corrected chi connectivity index (χ4v) is 3.76. The van der Waals surface area contributed by atoms with E-state index in [1.807, 2.05) is 42.5 Å². The van der Waals surface area contributed by atoms with Crippen molar-refractivity contribution in [3.63, 3.8) is 0 Å². The van der Waals surface area contributed by atoms with Gasteiger partial charge >= 0.3 is 0 Å². The van der Waals surface area contributed by atoms with Gasteiger partial charge < -0.3 is 5.32 Å². The number of aromatic nitrogens is 1. The van der Waals surface area contributed by atoms with Crippen molar-refractivity contribution in [1.29, 1.82) is 0 Å². The SMILES string of the molecule is CC(C)(C)c1ccc(S(=O)(=O)Nc2ccc(NCc3ccccn3)cc2)cc1. The molecule has 0 aliphatic carbocycles. The van der Waals surface area contributed by atoms with E-state index >= 15 is 0 Å². The lowest BCUT2D eigenvalue weighted by Crippen LogP contribution is -2.15. The lowest BCUT2D eigenvalue weighted by atomic mass is 9.87. The van der Waals surface area contributed by atoms with Crippen molar-refractivity contribution in [2.24, 2.45) is 0 Å². The zero-order valence-corrected chi connectivity index (χ0v) is 17.1. The van der Waals surface area contributed by atoms with Crippen LogP contribution in [-0.2, 0) is 22.0 Å². The first-order valence-corrected chi connectivity index (χ1v) is 10.6. The zero-order valence-electron chi connectivity index (χ0n) is 16.3. The molecule has 0 fully saturated rings. The van der Waals surface area contributed by atoms with Gasteiger partial charge in [-0.2, -0.15) is 0 Å². The van der Waals surface area contributed by atoms with E-state index in [0.29, 0.717) is 12.2 Å². The van der Waals surface area contributed by atoms with Crippen molar-refractivity contribution < 1.29 is 8.42 Å². The molecule has 0 bridgehead atoms. The summed E-state index contributed by atoms with van der Waals surface area (Å²) in [6, 6.07) is 19.9. The smallest absolute Gasteiger partial charge is 0.261 e. The van der Waals surface area contributed by atoms with Crippen LogP contribution in [0.4, 0.5) is 11.4 Å². The summed E-state index contributed by atoms with van der Waals surface area (Å²) in [4.78, 5) is 4.51. The molecule has 0 amide bonds. The molecule has 28 heavy (non-hydrogen) atoms. The Morgan fingerprint density at radius 3 is 2.07 bits per heavy atom. The van der Waals surface area contributed by atoms with Crippen LogP contribution in [0.15, 0.2) is 77.8 Å². The molecule has 1 aromatic heterocycles. The molecule has 146 valence electrons. The highest BCUT2D eigenvalue weighted by Gasteiger charge is 2.17. The van der Waals surface area contributed by atoms with Crippen LogP contribution in [0.5, 0.6) is 0 Å². The molecule has 0 radical (unpaired) electrons. The molecule has 0 spiro atoms. The van der Waals surface area contributed by atoms with Gasteiger partial charge in [0.05, 0.1) is 17.1 Å². The van der Waals surface area contributed by atoms with Gasteiger partial charge in [-0.25, -0.2) is 8.42 Å². The van der Waals surface area contributed by atoms with Crippen LogP contribution in [0.2, 0.25) is 0 Å². The Bertz CT molecular complexity index is 1010. The van der Waals surface area contributed by atoms with E-state index in [-0.39, 0.29) is 10.3 Å². The third kappa shape index (κ3) is 5.10. The van der Waals surface area contributed by atoms with Gasteiger partial charge in [-0.3, -0.25) is 9.71 Å². The number of anilines is 2. The summed E-state index contributed by atoms with van der Waals surface area (Å²) < 4.78 is 27.9. The highest BCUT2D eigenvalue weighted by atomic mass is 32.2. The Morgan fingerprint density at radius 2 is 1.50 bits per heavy atom. The minimum atomic E-state index is -3.62. The van der Waals surface area contributed by atoms with Crippen LogP contribution in [0.25, 0.3) is 0 Å².